The highest BCUT2D eigenvalue weighted by Gasteiger charge is 2.21. The maximum absolute atomic E-state index is 13.7. The van der Waals surface area contributed by atoms with Gasteiger partial charge in [0.15, 0.2) is 0 Å². The molecule has 37 heavy (non-hydrogen) atoms. The molecule has 0 bridgehead atoms. The number of benzene rings is 3. The van der Waals surface area contributed by atoms with E-state index in [2.05, 4.69) is 51.2 Å². The van der Waals surface area contributed by atoms with Crippen molar-refractivity contribution in [2.75, 3.05) is 6.61 Å². The lowest BCUT2D eigenvalue weighted by atomic mass is 9.93. The summed E-state index contributed by atoms with van der Waals surface area (Å²) in [6.45, 7) is 11.0. The normalized spacial score (nSPS) is 11.7. The molecule has 0 fully saturated rings. The Morgan fingerprint density at radius 2 is 1.62 bits per heavy atom. The molecule has 0 spiro atoms. The molecule has 5 heteroatoms. The maximum Gasteiger partial charge on any atom is 0.306 e. The molecular formula is C32H39NO4. The van der Waals surface area contributed by atoms with E-state index in [4.69, 9.17) is 9.47 Å². The van der Waals surface area contributed by atoms with E-state index in [9.17, 15) is 9.59 Å². The lowest BCUT2D eigenvalue weighted by Gasteiger charge is -2.23. The zero-order valence-corrected chi connectivity index (χ0v) is 22.7. The second kappa shape index (κ2) is 13.6. The molecule has 3 aromatic rings. The topological polar surface area (TPSA) is 64.6 Å². The highest BCUT2D eigenvalue weighted by Crippen LogP contribution is 2.26. The largest absolute Gasteiger partial charge is 0.489 e. The summed E-state index contributed by atoms with van der Waals surface area (Å²) in [4.78, 5) is 25.7. The number of hydrogen-bond acceptors (Lipinski definition) is 4. The van der Waals surface area contributed by atoms with Crippen molar-refractivity contribution >= 4 is 11.9 Å². The van der Waals surface area contributed by atoms with E-state index in [1.54, 1.807) is 13.0 Å². The third-order valence-corrected chi connectivity index (χ3v) is 6.14. The van der Waals surface area contributed by atoms with Crippen LogP contribution in [0, 0.1) is 19.8 Å². The number of nitrogens with one attached hydrogen (secondary N) is 1. The lowest BCUT2D eigenvalue weighted by molar-refractivity contribution is -0.143. The van der Waals surface area contributed by atoms with Crippen LogP contribution in [0.15, 0.2) is 66.7 Å². The first kappa shape index (κ1) is 28.0. The lowest BCUT2D eigenvalue weighted by Crippen LogP contribution is -2.30. The third-order valence-electron chi connectivity index (χ3n) is 6.14. The van der Waals surface area contributed by atoms with Crippen LogP contribution in [-0.4, -0.2) is 18.5 Å². The van der Waals surface area contributed by atoms with Crippen LogP contribution in [0.4, 0.5) is 0 Å². The fourth-order valence-corrected chi connectivity index (χ4v) is 4.48. The summed E-state index contributed by atoms with van der Waals surface area (Å²) in [7, 11) is 0. The van der Waals surface area contributed by atoms with Crippen LogP contribution in [0.3, 0.4) is 0 Å². The van der Waals surface area contributed by atoms with Crippen LogP contribution in [0.25, 0.3) is 0 Å². The number of rotatable bonds is 12. The molecule has 3 rings (SSSR count). The van der Waals surface area contributed by atoms with Crippen molar-refractivity contribution in [2.24, 2.45) is 5.92 Å². The van der Waals surface area contributed by atoms with Gasteiger partial charge in [-0.15, -0.1) is 0 Å². The Morgan fingerprint density at radius 1 is 0.919 bits per heavy atom. The molecule has 0 aliphatic carbocycles. The van der Waals surface area contributed by atoms with Crippen LogP contribution >= 0.6 is 0 Å². The quantitative estimate of drug-likeness (QED) is 0.274. The van der Waals surface area contributed by atoms with Crippen LogP contribution < -0.4 is 10.1 Å². The number of carbonyl (C=O) groups is 2. The molecule has 1 atom stereocenters. The smallest absolute Gasteiger partial charge is 0.306 e. The van der Waals surface area contributed by atoms with Gasteiger partial charge in [0.25, 0.3) is 5.91 Å². The number of hydrogen-bond donors (Lipinski definition) is 1. The number of aryl methyl sites for hydroxylation is 3. The zero-order chi connectivity index (χ0) is 26.8. The summed E-state index contributed by atoms with van der Waals surface area (Å²) in [6, 6.07) is 21.7. The molecule has 196 valence electrons. The highest BCUT2D eigenvalue weighted by atomic mass is 16.5. The Hall–Kier alpha value is -3.60. The summed E-state index contributed by atoms with van der Waals surface area (Å²) in [5.74, 6) is 0.565. The SMILES string of the molecule is CCOC(=O)CCc1ccc(OCc2ccccc2)cc1C(=O)NC(CC(C)C)c1cc(C)cc(C)c1. The molecule has 1 unspecified atom stereocenters. The first-order valence-corrected chi connectivity index (χ1v) is 13.1. The van der Waals surface area contributed by atoms with Crippen molar-refractivity contribution in [3.63, 3.8) is 0 Å². The summed E-state index contributed by atoms with van der Waals surface area (Å²) >= 11 is 0. The van der Waals surface area contributed by atoms with E-state index in [0.717, 1.165) is 23.1 Å². The standard InChI is InChI=1S/C32H39NO4/c1-6-36-31(34)15-13-26-12-14-28(37-21-25-10-8-7-9-11-25)20-29(26)32(35)33-30(16-22(2)3)27-18-23(4)17-24(5)19-27/h7-12,14,17-20,22,30H,6,13,15-16,21H2,1-5H3,(H,33,35). The number of esters is 1. The van der Waals surface area contributed by atoms with Crippen molar-refractivity contribution in [3.05, 3.63) is 100 Å². The van der Waals surface area contributed by atoms with Gasteiger partial charge in [0, 0.05) is 12.0 Å². The van der Waals surface area contributed by atoms with Gasteiger partial charge in [-0.2, -0.15) is 0 Å². The van der Waals surface area contributed by atoms with Gasteiger partial charge in [0.05, 0.1) is 12.6 Å². The predicted molar refractivity (Wildman–Crippen MR) is 148 cm³/mol. The van der Waals surface area contributed by atoms with Gasteiger partial charge < -0.3 is 14.8 Å². The molecule has 1 amide bonds. The van der Waals surface area contributed by atoms with Gasteiger partial charge in [-0.25, -0.2) is 0 Å². The minimum absolute atomic E-state index is 0.127. The first-order valence-electron chi connectivity index (χ1n) is 13.1. The van der Waals surface area contributed by atoms with Crippen molar-refractivity contribution in [1.29, 1.82) is 0 Å². The fourth-order valence-electron chi connectivity index (χ4n) is 4.48. The highest BCUT2D eigenvalue weighted by molar-refractivity contribution is 5.96. The van der Waals surface area contributed by atoms with Gasteiger partial charge >= 0.3 is 5.97 Å². The van der Waals surface area contributed by atoms with Crippen molar-refractivity contribution in [3.8, 4) is 5.75 Å². The number of amides is 1. The Morgan fingerprint density at radius 3 is 2.27 bits per heavy atom. The molecule has 0 aromatic heterocycles. The molecule has 0 aliphatic heterocycles. The summed E-state index contributed by atoms with van der Waals surface area (Å²) in [6.07, 6.45) is 1.45. The Bertz CT molecular complexity index is 1170. The minimum Gasteiger partial charge on any atom is -0.489 e. The second-order valence-electron chi connectivity index (χ2n) is 9.97. The van der Waals surface area contributed by atoms with Gasteiger partial charge in [-0.1, -0.05) is 79.6 Å². The van der Waals surface area contributed by atoms with E-state index < -0.39 is 0 Å². The second-order valence-corrected chi connectivity index (χ2v) is 9.97. The van der Waals surface area contributed by atoms with E-state index >= 15 is 0 Å². The van der Waals surface area contributed by atoms with Crippen LogP contribution in [-0.2, 0) is 22.6 Å². The predicted octanol–water partition coefficient (Wildman–Crippen LogP) is 6.90. The van der Waals surface area contributed by atoms with Gasteiger partial charge in [0.2, 0.25) is 0 Å². The molecule has 0 radical (unpaired) electrons. The van der Waals surface area contributed by atoms with Crippen LogP contribution in [0.5, 0.6) is 5.75 Å². The third kappa shape index (κ3) is 8.78. The molecule has 0 saturated heterocycles. The van der Waals surface area contributed by atoms with Gasteiger partial charge in [-0.3, -0.25) is 9.59 Å². The van der Waals surface area contributed by atoms with Crippen molar-refractivity contribution < 1.29 is 19.1 Å². The molecule has 0 saturated carbocycles. The molecule has 0 aliphatic rings. The van der Waals surface area contributed by atoms with Crippen molar-refractivity contribution in [2.45, 2.75) is 66.5 Å². The van der Waals surface area contributed by atoms with Gasteiger partial charge in [-0.05, 0) is 68.4 Å². The number of ether oxygens (including phenoxy) is 2. The van der Waals surface area contributed by atoms with E-state index in [0.29, 0.717) is 36.9 Å². The van der Waals surface area contributed by atoms with E-state index in [1.165, 1.54) is 11.1 Å². The summed E-state index contributed by atoms with van der Waals surface area (Å²) < 4.78 is 11.1. The van der Waals surface area contributed by atoms with Gasteiger partial charge in [0.1, 0.15) is 12.4 Å². The summed E-state index contributed by atoms with van der Waals surface area (Å²) in [5.41, 5.74) is 5.80. The molecule has 5 nitrogen and oxygen atoms in total. The zero-order valence-electron chi connectivity index (χ0n) is 22.7. The minimum atomic E-state index is -0.272. The van der Waals surface area contributed by atoms with Crippen LogP contribution in [0.1, 0.15) is 77.8 Å². The van der Waals surface area contributed by atoms with E-state index in [-0.39, 0.29) is 24.3 Å². The monoisotopic (exact) mass is 501 g/mol. The average molecular weight is 502 g/mol. The maximum atomic E-state index is 13.7. The first-order chi connectivity index (χ1) is 17.7. The number of carbonyl (C=O) groups excluding carboxylic acids is 2. The molecule has 0 heterocycles. The average Bonchev–Trinajstić information content (AvgIpc) is 2.86. The molecule has 1 N–H and O–H groups in total. The fraction of sp³-hybridized carbons (Fsp3) is 0.375. The Kier molecular flexibility index (Phi) is 10.3. The van der Waals surface area contributed by atoms with E-state index in [1.807, 2.05) is 42.5 Å². The Balaban J connectivity index is 1.88. The Labute approximate surface area is 221 Å². The molecular weight excluding hydrogens is 462 g/mol. The molecule has 3 aromatic carbocycles. The summed E-state index contributed by atoms with van der Waals surface area (Å²) in [5, 5.41) is 3.28. The van der Waals surface area contributed by atoms with Crippen LogP contribution in [0.2, 0.25) is 0 Å². The van der Waals surface area contributed by atoms with Crippen molar-refractivity contribution in [1.82, 2.24) is 5.32 Å².